The molecule has 5 rings (SSSR count). The van der Waals surface area contributed by atoms with Gasteiger partial charge in [0.2, 0.25) is 0 Å². The Balaban J connectivity index is 1.39. The summed E-state index contributed by atoms with van der Waals surface area (Å²) >= 11 is 0. The van der Waals surface area contributed by atoms with Gasteiger partial charge < -0.3 is 20.3 Å². The molecule has 0 saturated carbocycles. The van der Waals surface area contributed by atoms with E-state index < -0.39 is 5.92 Å². The van der Waals surface area contributed by atoms with E-state index in [1.165, 1.54) is 0 Å². The number of pyridine rings is 2. The maximum atomic E-state index is 13.7. The predicted molar refractivity (Wildman–Crippen MR) is 118 cm³/mol. The van der Waals surface area contributed by atoms with E-state index in [1.807, 2.05) is 18.2 Å². The lowest BCUT2D eigenvalue weighted by Crippen LogP contribution is -2.45. The van der Waals surface area contributed by atoms with Crippen molar-refractivity contribution in [3.63, 3.8) is 0 Å². The number of rotatable bonds is 5. The minimum absolute atomic E-state index is 0.150. The van der Waals surface area contributed by atoms with Gasteiger partial charge >= 0.3 is 0 Å². The van der Waals surface area contributed by atoms with Crippen molar-refractivity contribution in [3.05, 3.63) is 36.8 Å². The highest BCUT2D eigenvalue weighted by Crippen LogP contribution is 2.29. The zero-order valence-corrected chi connectivity index (χ0v) is 17.6. The van der Waals surface area contributed by atoms with Crippen LogP contribution in [-0.2, 0) is 4.74 Å². The van der Waals surface area contributed by atoms with Gasteiger partial charge in [-0.05, 0) is 24.1 Å². The Morgan fingerprint density at radius 3 is 2.78 bits per heavy atom. The molecule has 0 bridgehead atoms. The zero-order valence-electron chi connectivity index (χ0n) is 17.6. The molecule has 8 nitrogen and oxygen atoms in total. The van der Waals surface area contributed by atoms with Crippen molar-refractivity contribution in [1.82, 2.24) is 25.3 Å². The van der Waals surface area contributed by atoms with Crippen molar-refractivity contribution in [3.8, 4) is 11.3 Å². The number of aromatic nitrogens is 4. The number of alkyl halides is 2. The number of halogens is 2. The van der Waals surface area contributed by atoms with Crippen molar-refractivity contribution in [1.29, 1.82) is 0 Å². The highest BCUT2D eigenvalue weighted by atomic mass is 19.3. The van der Waals surface area contributed by atoms with Crippen molar-refractivity contribution in [2.24, 2.45) is 5.92 Å². The van der Waals surface area contributed by atoms with Crippen LogP contribution in [0.5, 0.6) is 0 Å². The summed E-state index contributed by atoms with van der Waals surface area (Å²) in [6, 6.07) is 5.83. The number of hydrogen-bond donors (Lipinski definition) is 2. The Morgan fingerprint density at radius 1 is 1.16 bits per heavy atom. The molecule has 0 spiro atoms. The van der Waals surface area contributed by atoms with E-state index in [2.05, 4.69) is 30.5 Å². The lowest BCUT2D eigenvalue weighted by atomic mass is 9.97. The normalized spacial score (nSPS) is 20.9. The maximum Gasteiger partial charge on any atom is 0.260 e. The third-order valence-corrected chi connectivity index (χ3v) is 5.80. The number of hydrogen-bond acceptors (Lipinski definition) is 8. The SMILES string of the molecule is FC1(F)CNCC(CNc2nc(-c3ccc(N4CCOCC4)nc3)cc3nccnc23)C1. The molecule has 0 amide bonds. The van der Waals surface area contributed by atoms with Crippen LogP contribution in [0.3, 0.4) is 0 Å². The molecule has 2 N–H and O–H groups in total. The smallest absolute Gasteiger partial charge is 0.260 e. The van der Waals surface area contributed by atoms with E-state index in [1.54, 1.807) is 18.6 Å². The molecule has 2 aliphatic heterocycles. The first-order chi connectivity index (χ1) is 15.6. The topological polar surface area (TPSA) is 88.1 Å². The minimum Gasteiger partial charge on any atom is -0.378 e. The van der Waals surface area contributed by atoms with Crippen LogP contribution in [0.2, 0.25) is 0 Å². The fourth-order valence-corrected chi connectivity index (χ4v) is 4.17. The Hall–Kier alpha value is -2.98. The van der Waals surface area contributed by atoms with Gasteiger partial charge in [0.15, 0.2) is 5.82 Å². The highest BCUT2D eigenvalue weighted by Gasteiger charge is 2.36. The van der Waals surface area contributed by atoms with Crippen molar-refractivity contribution < 1.29 is 13.5 Å². The maximum absolute atomic E-state index is 13.7. The third kappa shape index (κ3) is 4.61. The first-order valence-electron chi connectivity index (χ1n) is 10.8. The number of fused-ring (bicyclic) bond motifs is 1. The van der Waals surface area contributed by atoms with Crippen molar-refractivity contribution in [2.75, 3.05) is 56.2 Å². The Labute approximate surface area is 184 Å². The zero-order chi connectivity index (χ0) is 22.0. The summed E-state index contributed by atoms with van der Waals surface area (Å²) in [5, 5.41) is 6.05. The molecular formula is C22H25F2N7O. The summed E-state index contributed by atoms with van der Waals surface area (Å²) in [5.74, 6) is -1.45. The predicted octanol–water partition coefficient (Wildman–Crippen LogP) is 2.58. The number of nitrogens with one attached hydrogen (secondary N) is 2. The van der Waals surface area contributed by atoms with E-state index in [9.17, 15) is 8.78 Å². The largest absolute Gasteiger partial charge is 0.378 e. The second-order valence-corrected chi connectivity index (χ2v) is 8.22. The molecule has 3 aromatic heterocycles. The summed E-state index contributed by atoms with van der Waals surface area (Å²) in [6.07, 6.45) is 4.87. The first kappa shape index (κ1) is 20.9. The van der Waals surface area contributed by atoms with Crippen LogP contribution in [0.25, 0.3) is 22.3 Å². The molecule has 32 heavy (non-hydrogen) atoms. The molecule has 0 aromatic carbocycles. The quantitative estimate of drug-likeness (QED) is 0.625. The molecular weight excluding hydrogens is 416 g/mol. The van der Waals surface area contributed by atoms with E-state index in [-0.39, 0.29) is 18.9 Å². The van der Waals surface area contributed by atoms with Gasteiger partial charge in [-0.1, -0.05) is 0 Å². The average molecular weight is 441 g/mol. The standard InChI is InChI=1S/C22H25F2N7O/c23-22(24)10-15(11-25-14-22)12-29-21-20-18(26-3-4-27-20)9-17(30-21)16-1-2-19(28-13-16)31-5-7-32-8-6-31/h1-4,9,13,15,25H,5-8,10-12,14H2,(H,29,30). The van der Waals surface area contributed by atoms with Gasteiger partial charge in [0.05, 0.1) is 31.0 Å². The molecule has 2 aliphatic rings. The van der Waals surface area contributed by atoms with Gasteiger partial charge in [-0.3, -0.25) is 4.98 Å². The van der Waals surface area contributed by atoms with E-state index in [4.69, 9.17) is 9.72 Å². The highest BCUT2D eigenvalue weighted by molar-refractivity contribution is 5.88. The molecule has 168 valence electrons. The monoisotopic (exact) mass is 441 g/mol. The van der Waals surface area contributed by atoms with Crippen LogP contribution in [0, 0.1) is 5.92 Å². The van der Waals surface area contributed by atoms with Crippen molar-refractivity contribution >= 4 is 22.7 Å². The second kappa shape index (κ2) is 8.87. The fourth-order valence-electron chi connectivity index (χ4n) is 4.17. The summed E-state index contributed by atoms with van der Waals surface area (Å²) in [4.78, 5) is 20.4. The van der Waals surface area contributed by atoms with Crippen molar-refractivity contribution in [2.45, 2.75) is 12.3 Å². The lowest BCUT2D eigenvalue weighted by molar-refractivity contribution is -0.0370. The summed E-state index contributed by atoms with van der Waals surface area (Å²) in [7, 11) is 0. The molecule has 0 aliphatic carbocycles. The number of ether oxygens (including phenoxy) is 1. The van der Waals surface area contributed by atoms with Gasteiger partial charge in [-0.15, -0.1) is 0 Å². The van der Waals surface area contributed by atoms with Gasteiger partial charge in [0.25, 0.3) is 5.92 Å². The summed E-state index contributed by atoms with van der Waals surface area (Å²) in [6.45, 7) is 3.69. The molecule has 2 fully saturated rings. The summed E-state index contributed by atoms with van der Waals surface area (Å²) in [5.41, 5.74) is 2.85. The molecule has 1 atom stereocenters. The molecule has 5 heterocycles. The minimum atomic E-state index is -2.68. The average Bonchev–Trinajstić information content (AvgIpc) is 2.82. The second-order valence-electron chi connectivity index (χ2n) is 8.22. The fraction of sp³-hybridized carbons (Fsp3) is 0.455. The Kier molecular flexibility index (Phi) is 5.79. The Morgan fingerprint density at radius 2 is 2.00 bits per heavy atom. The number of piperidine rings is 1. The van der Waals surface area contributed by atoms with E-state index in [0.29, 0.717) is 48.8 Å². The van der Waals surface area contributed by atoms with Crippen LogP contribution in [-0.4, -0.2) is 71.8 Å². The third-order valence-electron chi connectivity index (χ3n) is 5.80. The molecule has 0 radical (unpaired) electrons. The Bertz CT molecular complexity index is 1070. The number of anilines is 2. The van der Waals surface area contributed by atoms with Crippen LogP contribution < -0.4 is 15.5 Å². The van der Waals surface area contributed by atoms with Gasteiger partial charge in [-0.2, -0.15) is 0 Å². The number of nitrogens with zero attached hydrogens (tertiary/aromatic N) is 5. The molecule has 2 saturated heterocycles. The van der Waals surface area contributed by atoms with Gasteiger partial charge in [0.1, 0.15) is 11.3 Å². The van der Waals surface area contributed by atoms with Gasteiger partial charge in [-0.25, -0.2) is 23.7 Å². The molecule has 1 unspecified atom stereocenters. The van der Waals surface area contributed by atoms with Gasteiger partial charge in [0, 0.05) is 56.8 Å². The van der Waals surface area contributed by atoms with Crippen LogP contribution in [0.1, 0.15) is 6.42 Å². The molecule has 3 aromatic rings. The van der Waals surface area contributed by atoms with E-state index >= 15 is 0 Å². The summed E-state index contributed by atoms with van der Waals surface area (Å²) < 4.78 is 32.9. The molecule has 10 heteroatoms. The lowest BCUT2D eigenvalue weighted by Gasteiger charge is -2.30. The van der Waals surface area contributed by atoms with Crippen LogP contribution in [0.15, 0.2) is 36.8 Å². The van der Waals surface area contributed by atoms with Crippen LogP contribution >= 0.6 is 0 Å². The van der Waals surface area contributed by atoms with E-state index in [0.717, 1.165) is 24.5 Å². The first-order valence-corrected chi connectivity index (χ1v) is 10.8. The van der Waals surface area contributed by atoms with Crippen LogP contribution in [0.4, 0.5) is 20.4 Å². The number of morpholine rings is 1.